The average Bonchev–Trinajstić information content (AvgIpc) is 3.11. The molecule has 4 rings (SSSR count). The van der Waals surface area contributed by atoms with Gasteiger partial charge in [-0.1, -0.05) is 29.8 Å². The summed E-state index contributed by atoms with van der Waals surface area (Å²) in [6, 6.07) is 10.4. The molecule has 1 amide bonds. The highest BCUT2D eigenvalue weighted by atomic mass is 35.5. The van der Waals surface area contributed by atoms with Crippen LogP contribution in [0.5, 0.6) is 0 Å². The van der Waals surface area contributed by atoms with E-state index < -0.39 is 6.04 Å². The first-order valence-electron chi connectivity index (χ1n) is 7.98. The molecular formula is C18H15ClN6O. The summed E-state index contributed by atoms with van der Waals surface area (Å²) >= 11 is 6.18. The molecule has 3 heterocycles. The van der Waals surface area contributed by atoms with Crippen molar-refractivity contribution in [2.24, 2.45) is 0 Å². The van der Waals surface area contributed by atoms with Crippen molar-refractivity contribution in [1.29, 1.82) is 0 Å². The molecule has 0 spiro atoms. The van der Waals surface area contributed by atoms with Crippen molar-refractivity contribution in [2.75, 3.05) is 10.6 Å². The van der Waals surface area contributed by atoms with Gasteiger partial charge in [-0.3, -0.25) is 9.78 Å². The zero-order valence-electron chi connectivity index (χ0n) is 13.8. The summed E-state index contributed by atoms with van der Waals surface area (Å²) in [6.45, 7) is 1.84. The van der Waals surface area contributed by atoms with Gasteiger partial charge in [0, 0.05) is 18.1 Å². The van der Waals surface area contributed by atoms with Crippen LogP contribution in [0.25, 0.3) is 0 Å². The molecule has 1 atom stereocenters. The van der Waals surface area contributed by atoms with Crippen molar-refractivity contribution in [3.63, 3.8) is 0 Å². The van der Waals surface area contributed by atoms with Crippen LogP contribution in [0.2, 0.25) is 5.02 Å². The number of allylic oxidation sites excluding steroid dienone is 1. The lowest BCUT2D eigenvalue weighted by atomic mass is 9.96. The Morgan fingerprint density at radius 1 is 1.27 bits per heavy atom. The number of aromatic nitrogens is 4. The number of pyridine rings is 1. The Bertz CT molecular complexity index is 998. The third-order valence-electron chi connectivity index (χ3n) is 4.16. The predicted molar refractivity (Wildman–Crippen MR) is 98.8 cm³/mol. The molecular weight excluding hydrogens is 352 g/mol. The molecule has 0 aliphatic carbocycles. The summed E-state index contributed by atoms with van der Waals surface area (Å²) in [5, 5.41) is 10.8. The number of hydrogen-bond acceptors (Lipinski definition) is 5. The van der Waals surface area contributed by atoms with Gasteiger partial charge in [0.2, 0.25) is 5.95 Å². The summed E-state index contributed by atoms with van der Waals surface area (Å²) in [7, 11) is 0. The lowest BCUT2D eigenvalue weighted by Gasteiger charge is -2.28. The van der Waals surface area contributed by atoms with Crippen molar-refractivity contribution in [1.82, 2.24) is 19.7 Å². The Morgan fingerprint density at radius 3 is 2.88 bits per heavy atom. The first-order chi connectivity index (χ1) is 12.6. The number of benzene rings is 1. The molecule has 1 aliphatic heterocycles. The average molecular weight is 367 g/mol. The van der Waals surface area contributed by atoms with Crippen molar-refractivity contribution in [2.45, 2.75) is 13.0 Å². The number of carbonyl (C=O) groups is 1. The van der Waals surface area contributed by atoms with Gasteiger partial charge in [-0.25, -0.2) is 4.68 Å². The van der Waals surface area contributed by atoms with E-state index in [4.69, 9.17) is 11.6 Å². The summed E-state index contributed by atoms with van der Waals surface area (Å²) in [5.41, 5.74) is 2.61. The Hall–Kier alpha value is -3.19. The first kappa shape index (κ1) is 16.3. The Labute approximate surface area is 154 Å². The van der Waals surface area contributed by atoms with Crippen LogP contribution in [0.3, 0.4) is 0 Å². The van der Waals surface area contributed by atoms with Gasteiger partial charge in [0.15, 0.2) is 0 Å². The molecule has 3 aromatic rings. The summed E-state index contributed by atoms with van der Waals surface area (Å²) in [5.74, 6) is 0.309. The van der Waals surface area contributed by atoms with E-state index in [1.165, 1.54) is 6.33 Å². The Kier molecular flexibility index (Phi) is 4.14. The van der Waals surface area contributed by atoms with Gasteiger partial charge in [0.25, 0.3) is 5.91 Å². The van der Waals surface area contributed by atoms with Gasteiger partial charge < -0.3 is 10.6 Å². The highest BCUT2D eigenvalue weighted by Gasteiger charge is 2.33. The third kappa shape index (κ3) is 2.82. The molecule has 130 valence electrons. The van der Waals surface area contributed by atoms with E-state index in [9.17, 15) is 4.79 Å². The number of nitrogens with zero attached hydrogens (tertiary/aromatic N) is 4. The molecule has 1 aromatic carbocycles. The molecule has 2 aromatic heterocycles. The van der Waals surface area contributed by atoms with Crippen LogP contribution in [0.4, 0.5) is 11.6 Å². The van der Waals surface area contributed by atoms with E-state index in [0.717, 1.165) is 5.56 Å². The van der Waals surface area contributed by atoms with E-state index in [0.29, 0.717) is 27.9 Å². The fourth-order valence-corrected chi connectivity index (χ4v) is 3.17. The van der Waals surface area contributed by atoms with Gasteiger partial charge in [-0.15, -0.1) is 0 Å². The minimum absolute atomic E-state index is 0.266. The standard InChI is InChI=1S/C18H15ClN6O/c1-11-15(17(26)24-14-7-3-2-6-13(14)19)16(12-5-4-8-20-9-12)25-18(23-11)21-10-22-25/h2-10,16H,1H3,(H,24,26)(H,21,22,23)/t16-/m1/s1. The number of amides is 1. The van der Waals surface area contributed by atoms with Crippen LogP contribution in [-0.2, 0) is 4.79 Å². The number of nitrogens with one attached hydrogen (secondary N) is 2. The van der Waals surface area contributed by atoms with Crippen LogP contribution >= 0.6 is 11.6 Å². The topological polar surface area (TPSA) is 84.7 Å². The second kappa shape index (κ2) is 6.61. The zero-order chi connectivity index (χ0) is 18.1. The number of hydrogen-bond donors (Lipinski definition) is 2. The van der Waals surface area contributed by atoms with Gasteiger partial charge in [-0.2, -0.15) is 10.1 Å². The molecule has 0 fully saturated rings. The lowest BCUT2D eigenvalue weighted by Crippen LogP contribution is -2.31. The molecule has 0 unspecified atom stereocenters. The molecule has 0 saturated carbocycles. The molecule has 0 radical (unpaired) electrons. The molecule has 0 saturated heterocycles. The number of rotatable bonds is 3. The first-order valence-corrected chi connectivity index (χ1v) is 8.36. The maximum atomic E-state index is 13.1. The molecule has 0 bridgehead atoms. The molecule has 2 N–H and O–H groups in total. The second-order valence-electron chi connectivity index (χ2n) is 5.81. The molecule has 7 nitrogen and oxygen atoms in total. The molecule has 26 heavy (non-hydrogen) atoms. The van der Waals surface area contributed by atoms with Crippen LogP contribution < -0.4 is 10.6 Å². The van der Waals surface area contributed by atoms with Crippen molar-refractivity contribution in [3.8, 4) is 0 Å². The lowest BCUT2D eigenvalue weighted by molar-refractivity contribution is -0.113. The number of fused-ring (bicyclic) bond motifs is 1. The highest BCUT2D eigenvalue weighted by molar-refractivity contribution is 6.33. The molecule has 1 aliphatic rings. The quantitative estimate of drug-likeness (QED) is 0.743. The van der Waals surface area contributed by atoms with Crippen molar-refractivity contribution >= 4 is 29.1 Å². The number of halogens is 1. The van der Waals surface area contributed by atoms with E-state index >= 15 is 0 Å². The van der Waals surface area contributed by atoms with E-state index in [1.807, 2.05) is 31.2 Å². The van der Waals surface area contributed by atoms with Crippen molar-refractivity contribution in [3.05, 3.63) is 77.0 Å². The smallest absolute Gasteiger partial charge is 0.255 e. The summed E-state index contributed by atoms with van der Waals surface area (Å²) in [4.78, 5) is 21.5. The minimum Gasteiger partial charge on any atom is -0.328 e. The normalized spacial score (nSPS) is 16.0. The fourth-order valence-electron chi connectivity index (χ4n) is 2.98. The largest absolute Gasteiger partial charge is 0.328 e. The van der Waals surface area contributed by atoms with Crippen LogP contribution in [0.15, 0.2) is 66.4 Å². The minimum atomic E-state index is -0.440. The maximum Gasteiger partial charge on any atom is 0.255 e. The SMILES string of the molecule is CC1=C(C(=O)Nc2ccccc2Cl)[C@@H](c2cccnc2)n2ncnc2N1. The predicted octanol–water partition coefficient (Wildman–Crippen LogP) is 3.25. The second-order valence-corrected chi connectivity index (χ2v) is 6.22. The van der Waals surface area contributed by atoms with E-state index in [2.05, 4.69) is 25.7 Å². The maximum absolute atomic E-state index is 13.1. The zero-order valence-corrected chi connectivity index (χ0v) is 14.6. The van der Waals surface area contributed by atoms with E-state index in [1.54, 1.807) is 29.2 Å². The number of carbonyl (C=O) groups excluding carboxylic acids is 1. The number of anilines is 2. The van der Waals surface area contributed by atoms with Gasteiger partial charge in [0.05, 0.1) is 16.3 Å². The summed E-state index contributed by atoms with van der Waals surface area (Å²) in [6.07, 6.45) is 4.86. The van der Waals surface area contributed by atoms with E-state index in [-0.39, 0.29) is 5.91 Å². The van der Waals surface area contributed by atoms with Gasteiger partial charge in [0.1, 0.15) is 12.4 Å². The number of para-hydroxylation sites is 1. The fraction of sp³-hybridized carbons (Fsp3) is 0.111. The van der Waals surface area contributed by atoms with Crippen LogP contribution in [0.1, 0.15) is 18.5 Å². The Morgan fingerprint density at radius 2 is 2.12 bits per heavy atom. The van der Waals surface area contributed by atoms with Crippen molar-refractivity contribution < 1.29 is 4.79 Å². The third-order valence-corrected chi connectivity index (χ3v) is 4.49. The van der Waals surface area contributed by atoms with Gasteiger partial charge in [-0.05, 0) is 30.7 Å². The molecule has 8 heteroatoms. The van der Waals surface area contributed by atoms with Gasteiger partial charge >= 0.3 is 0 Å². The van der Waals surface area contributed by atoms with Crippen LogP contribution in [0, 0.1) is 0 Å². The Balaban J connectivity index is 1.77. The highest BCUT2D eigenvalue weighted by Crippen LogP contribution is 2.35. The van der Waals surface area contributed by atoms with Crippen LogP contribution in [-0.4, -0.2) is 25.7 Å². The monoisotopic (exact) mass is 366 g/mol. The summed E-state index contributed by atoms with van der Waals surface area (Å²) < 4.78 is 1.67.